The minimum atomic E-state index is -0.471. The highest BCUT2D eigenvalue weighted by Gasteiger charge is 2.08. The minimum Gasteiger partial charge on any atom is -0.465 e. The zero-order valence-electron chi connectivity index (χ0n) is 11.9. The third kappa shape index (κ3) is 3.70. The normalized spacial score (nSPS) is 9.64. The number of nitriles is 1. The molecule has 0 aliphatic heterocycles. The van der Waals surface area contributed by atoms with Gasteiger partial charge in [-0.3, -0.25) is 0 Å². The summed E-state index contributed by atoms with van der Waals surface area (Å²) in [5, 5.41) is 8.70. The van der Waals surface area contributed by atoms with E-state index < -0.39 is 11.9 Å². The Labute approximate surface area is 127 Å². The van der Waals surface area contributed by atoms with E-state index in [0.717, 1.165) is 5.56 Å². The van der Waals surface area contributed by atoms with E-state index in [1.165, 1.54) is 7.11 Å². The van der Waals surface area contributed by atoms with Gasteiger partial charge in [0.25, 0.3) is 0 Å². The van der Waals surface area contributed by atoms with E-state index in [-0.39, 0.29) is 6.61 Å². The molecule has 0 bridgehead atoms. The zero-order valence-corrected chi connectivity index (χ0v) is 11.9. The van der Waals surface area contributed by atoms with Crippen LogP contribution in [0.5, 0.6) is 0 Å². The van der Waals surface area contributed by atoms with Gasteiger partial charge in [-0.15, -0.1) is 0 Å². The Morgan fingerprint density at radius 3 is 2.05 bits per heavy atom. The Kier molecular flexibility index (Phi) is 4.89. The van der Waals surface area contributed by atoms with Crippen molar-refractivity contribution in [2.75, 3.05) is 7.11 Å². The molecule has 22 heavy (non-hydrogen) atoms. The summed E-state index contributed by atoms with van der Waals surface area (Å²) in [7, 11) is 1.32. The van der Waals surface area contributed by atoms with Gasteiger partial charge in [0.1, 0.15) is 6.61 Å². The van der Waals surface area contributed by atoms with E-state index in [9.17, 15) is 9.59 Å². The van der Waals surface area contributed by atoms with Crippen LogP contribution in [0.3, 0.4) is 0 Å². The first-order valence-electron chi connectivity index (χ1n) is 6.48. The molecule has 0 N–H and O–H groups in total. The Balaban J connectivity index is 1.95. The Bertz CT molecular complexity index is 712. The molecule has 0 aliphatic rings. The van der Waals surface area contributed by atoms with E-state index in [2.05, 4.69) is 4.74 Å². The first kappa shape index (κ1) is 15.3. The van der Waals surface area contributed by atoms with E-state index in [4.69, 9.17) is 10.00 Å². The standard InChI is InChI=1S/C17H13NO4/c1-21-16(19)14-8-4-13(5-9-14)11-22-17(20)15-6-2-12(10-18)3-7-15/h2-9H,11H2,1H3. The molecule has 0 amide bonds. The lowest BCUT2D eigenvalue weighted by Gasteiger charge is -2.06. The Morgan fingerprint density at radius 1 is 0.955 bits per heavy atom. The summed E-state index contributed by atoms with van der Waals surface area (Å²) in [6.45, 7) is 0.0975. The summed E-state index contributed by atoms with van der Waals surface area (Å²) in [6, 6.07) is 14.8. The van der Waals surface area contributed by atoms with Gasteiger partial charge in [-0.1, -0.05) is 12.1 Å². The molecule has 2 rings (SSSR count). The summed E-state index contributed by atoms with van der Waals surface area (Å²) < 4.78 is 9.78. The van der Waals surface area contributed by atoms with Crippen molar-refractivity contribution < 1.29 is 19.1 Å². The number of carbonyl (C=O) groups is 2. The second-order valence-electron chi connectivity index (χ2n) is 4.45. The molecule has 0 unspecified atom stereocenters. The maximum absolute atomic E-state index is 11.9. The molecule has 0 heterocycles. The SMILES string of the molecule is COC(=O)c1ccc(COC(=O)c2ccc(C#N)cc2)cc1. The second-order valence-corrected chi connectivity index (χ2v) is 4.45. The van der Waals surface area contributed by atoms with E-state index in [1.807, 2.05) is 6.07 Å². The molecule has 0 fully saturated rings. The molecule has 0 aromatic heterocycles. The van der Waals surface area contributed by atoms with E-state index in [1.54, 1.807) is 48.5 Å². The number of ether oxygens (including phenoxy) is 2. The number of rotatable bonds is 4. The van der Waals surface area contributed by atoms with Crippen LogP contribution in [-0.4, -0.2) is 19.0 Å². The van der Waals surface area contributed by atoms with Crippen LogP contribution < -0.4 is 0 Å². The van der Waals surface area contributed by atoms with Gasteiger partial charge in [0.05, 0.1) is 29.9 Å². The predicted molar refractivity (Wildman–Crippen MR) is 78.1 cm³/mol. The van der Waals surface area contributed by atoms with Crippen molar-refractivity contribution in [3.8, 4) is 6.07 Å². The number of methoxy groups -OCH3 is 1. The van der Waals surface area contributed by atoms with Gasteiger partial charge in [0.2, 0.25) is 0 Å². The van der Waals surface area contributed by atoms with Gasteiger partial charge in [-0.25, -0.2) is 9.59 Å². The molecule has 2 aromatic rings. The van der Waals surface area contributed by atoms with Crippen LogP contribution in [0.4, 0.5) is 0 Å². The fraction of sp³-hybridized carbons (Fsp3) is 0.118. The largest absolute Gasteiger partial charge is 0.465 e. The van der Waals surface area contributed by atoms with Crippen molar-refractivity contribution in [1.29, 1.82) is 5.26 Å². The zero-order chi connectivity index (χ0) is 15.9. The lowest BCUT2D eigenvalue weighted by Crippen LogP contribution is -2.06. The molecular weight excluding hydrogens is 282 g/mol. The Morgan fingerprint density at radius 2 is 1.50 bits per heavy atom. The molecule has 0 saturated carbocycles. The Hall–Kier alpha value is -3.13. The maximum atomic E-state index is 11.9. The van der Waals surface area contributed by atoms with Crippen molar-refractivity contribution in [3.05, 3.63) is 70.8 Å². The molecule has 2 aromatic carbocycles. The van der Waals surface area contributed by atoms with Gasteiger partial charge in [-0.2, -0.15) is 5.26 Å². The van der Waals surface area contributed by atoms with Gasteiger partial charge in [0, 0.05) is 0 Å². The summed E-state index contributed by atoms with van der Waals surface area (Å²) in [5.74, 6) is -0.886. The van der Waals surface area contributed by atoms with E-state index >= 15 is 0 Å². The highest BCUT2D eigenvalue weighted by molar-refractivity contribution is 5.90. The predicted octanol–water partition coefficient (Wildman–Crippen LogP) is 2.70. The minimum absolute atomic E-state index is 0.0975. The summed E-state index contributed by atoms with van der Waals surface area (Å²) in [5.41, 5.74) is 2.06. The molecule has 0 radical (unpaired) electrons. The molecule has 0 aliphatic carbocycles. The fourth-order valence-electron chi connectivity index (χ4n) is 1.77. The van der Waals surface area contributed by atoms with Crippen molar-refractivity contribution >= 4 is 11.9 Å². The number of carbonyl (C=O) groups excluding carboxylic acids is 2. The first-order chi connectivity index (χ1) is 10.6. The smallest absolute Gasteiger partial charge is 0.338 e. The molecule has 5 nitrogen and oxygen atoms in total. The van der Waals surface area contributed by atoms with Crippen molar-refractivity contribution in [1.82, 2.24) is 0 Å². The molecule has 110 valence electrons. The van der Waals surface area contributed by atoms with Crippen LogP contribution in [0.25, 0.3) is 0 Å². The van der Waals surface area contributed by atoms with E-state index in [0.29, 0.717) is 16.7 Å². The van der Waals surface area contributed by atoms with Crippen molar-refractivity contribution in [3.63, 3.8) is 0 Å². The molecule has 0 spiro atoms. The lowest BCUT2D eigenvalue weighted by atomic mass is 10.1. The third-order valence-corrected chi connectivity index (χ3v) is 2.99. The molecule has 5 heteroatoms. The number of benzene rings is 2. The lowest BCUT2D eigenvalue weighted by molar-refractivity contribution is 0.0471. The van der Waals surface area contributed by atoms with Crippen LogP contribution in [0.2, 0.25) is 0 Å². The fourth-order valence-corrected chi connectivity index (χ4v) is 1.77. The van der Waals surface area contributed by atoms with Crippen LogP contribution >= 0.6 is 0 Å². The van der Waals surface area contributed by atoms with Crippen LogP contribution in [0.15, 0.2) is 48.5 Å². The monoisotopic (exact) mass is 295 g/mol. The molecule has 0 atom stereocenters. The van der Waals surface area contributed by atoms with Crippen LogP contribution in [0.1, 0.15) is 31.8 Å². The second kappa shape index (κ2) is 7.04. The van der Waals surface area contributed by atoms with Gasteiger partial charge in [-0.05, 0) is 42.0 Å². The van der Waals surface area contributed by atoms with Crippen molar-refractivity contribution in [2.45, 2.75) is 6.61 Å². The van der Waals surface area contributed by atoms with Crippen molar-refractivity contribution in [2.24, 2.45) is 0 Å². The number of nitrogens with zero attached hydrogens (tertiary/aromatic N) is 1. The average Bonchev–Trinajstić information content (AvgIpc) is 2.59. The van der Waals surface area contributed by atoms with Gasteiger partial charge >= 0.3 is 11.9 Å². The van der Waals surface area contributed by atoms with Gasteiger partial charge in [0.15, 0.2) is 0 Å². The first-order valence-corrected chi connectivity index (χ1v) is 6.48. The number of esters is 2. The molecule has 0 saturated heterocycles. The summed E-state index contributed by atoms with van der Waals surface area (Å²) in [6.07, 6.45) is 0. The highest BCUT2D eigenvalue weighted by Crippen LogP contribution is 2.10. The third-order valence-electron chi connectivity index (χ3n) is 2.99. The van der Waals surface area contributed by atoms with Crippen LogP contribution in [0, 0.1) is 11.3 Å². The van der Waals surface area contributed by atoms with Gasteiger partial charge < -0.3 is 9.47 Å². The van der Waals surface area contributed by atoms with Crippen LogP contribution in [-0.2, 0) is 16.1 Å². The number of hydrogen-bond acceptors (Lipinski definition) is 5. The highest BCUT2D eigenvalue weighted by atomic mass is 16.5. The summed E-state index contributed by atoms with van der Waals surface area (Å²) >= 11 is 0. The number of hydrogen-bond donors (Lipinski definition) is 0. The topological polar surface area (TPSA) is 76.4 Å². The quantitative estimate of drug-likeness (QED) is 0.810. The average molecular weight is 295 g/mol. The molecular formula is C17H13NO4. The maximum Gasteiger partial charge on any atom is 0.338 e. The summed E-state index contributed by atoms with van der Waals surface area (Å²) in [4.78, 5) is 23.2.